The normalized spacial score (nSPS) is 9.87. The molecule has 1 aromatic heterocycles. The van der Waals surface area contributed by atoms with E-state index in [0.717, 1.165) is 18.1 Å². The predicted molar refractivity (Wildman–Crippen MR) is 65.3 cm³/mol. The molecule has 1 rings (SSSR count). The Morgan fingerprint density at radius 3 is 3.27 bits per heavy atom. The molecule has 0 aliphatic carbocycles. The van der Waals surface area contributed by atoms with Gasteiger partial charge in [-0.25, -0.2) is 4.98 Å². The van der Waals surface area contributed by atoms with Gasteiger partial charge in [-0.2, -0.15) is 11.8 Å². The van der Waals surface area contributed by atoms with Gasteiger partial charge in [0.2, 0.25) is 0 Å². The fraction of sp³-hybridized carbons (Fsp3) is 0.333. The minimum atomic E-state index is -0.314. The van der Waals surface area contributed by atoms with Gasteiger partial charge in [-0.1, -0.05) is 6.08 Å². The Hall–Kier alpha value is -1.43. The van der Waals surface area contributed by atoms with E-state index in [2.05, 4.69) is 21.9 Å². The summed E-state index contributed by atoms with van der Waals surface area (Å²) < 4.78 is 0. The van der Waals surface area contributed by atoms with Crippen molar-refractivity contribution in [2.75, 3.05) is 29.1 Å². The summed E-state index contributed by atoms with van der Waals surface area (Å²) in [5.74, 6) is 2.28. The van der Waals surface area contributed by atoms with Crippen LogP contribution in [0.25, 0.3) is 0 Å². The highest BCUT2D eigenvalue weighted by atomic mass is 32.2. The molecule has 0 bridgehead atoms. The first-order valence-electron chi connectivity index (χ1n) is 4.51. The molecule has 0 atom stereocenters. The Kier molecular flexibility index (Phi) is 4.76. The third-order valence-electron chi connectivity index (χ3n) is 1.66. The van der Waals surface area contributed by atoms with E-state index in [1.165, 1.54) is 6.33 Å². The molecule has 0 saturated heterocycles. The van der Waals surface area contributed by atoms with Gasteiger partial charge in [-0.3, -0.25) is 4.79 Å². The molecule has 1 aromatic rings. The summed E-state index contributed by atoms with van der Waals surface area (Å²) in [5.41, 5.74) is 5.35. The van der Waals surface area contributed by atoms with E-state index in [1.54, 1.807) is 11.8 Å². The van der Waals surface area contributed by atoms with E-state index >= 15 is 0 Å². The summed E-state index contributed by atoms with van der Waals surface area (Å²) in [6, 6.07) is 0. The standard InChI is InChI=1S/C9H14N4OS/c1-2-4-15-5-3-11-8-7(10)9(14)13-6-12-8/h2,6H,1,3-5,10H2,(H2,11,12,13,14). The molecule has 1 heterocycles. The Bertz CT molecular complexity index is 377. The molecule has 0 aliphatic heterocycles. The average molecular weight is 226 g/mol. The second-order valence-corrected chi connectivity index (χ2v) is 3.93. The molecule has 5 nitrogen and oxygen atoms in total. The largest absolute Gasteiger partial charge is 0.391 e. The number of nitrogens with zero attached hydrogens (tertiary/aromatic N) is 1. The van der Waals surface area contributed by atoms with Crippen molar-refractivity contribution in [3.63, 3.8) is 0 Å². The highest BCUT2D eigenvalue weighted by Gasteiger charge is 2.02. The molecule has 0 saturated carbocycles. The zero-order valence-electron chi connectivity index (χ0n) is 8.32. The van der Waals surface area contributed by atoms with Gasteiger partial charge >= 0.3 is 0 Å². The number of hydrogen-bond donors (Lipinski definition) is 3. The third kappa shape index (κ3) is 3.67. The molecular formula is C9H14N4OS. The molecule has 15 heavy (non-hydrogen) atoms. The number of H-pyrrole nitrogens is 1. The molecule has 0 aliphatic rings. The van der Waals surface area contributed by atoms with Crippen LogP contribution in [0.4, 0.5) is 11.5 Å². The van der Waals surface area contributed by atoms with Crippen LogP contribution >= 0.6 is 11.8 Å². The molecule has 82 valence electrons. The number of aromatic nitrogens is 2. The molecule has 0 fully saturated rings. The summed E-state index contributed by atoms with van der Waals surface area (Å²) in [7, 11) is 0. The van der Waals surface area contributed by atoms with Gasteiger partial charge in [0, 0.05) is 18.1 Å². The lowest BCUT2D eigenvalue weighted by atomic mass is 10.5. The van der Waals surface area contributed by atoms with Gasteiger partial charge in [0.1, 0.15) is 5.69 Å². The molecular weight excluding hydrogens is 212 g/mol. The Morgan fingerprint density at radius 1 is 1.73 bits per heavy atom. The van der Waals surface area contributed by atoms with Gasteiger partial charge in [0.15, 0.2) is 5.82 Å². The summed E-state index contributed by atoms with van der Waals surface area (Å²) in [6.45, 7) is 4.34. The molecule has 0 unspecified atom stereocenters. The van der Waals surface area contributed by atoms with Gasteiger partial charge in [0.25, 0.3) is 5.56 Å². The van der Waals surface area contributed by atoms with Gasteiger partial charge in [-0.05, 0) is 0 Å². The fourth-order valence-corrected chi connectivity index (χ4v) is 1.54. The number of aromatic amines is 1. The van der Waals surface area contributed by atoms with E-state index in [9.17, 15) is 4.79 Å². The van der Waals surface area contributed by atoms with Crippen molar-refractivity contribution in [2.45, 2.75) is 0 Å². The number of rotatable bonds is 6. The van der Waals surface area contributed by atoms with E-state index < -0.39 is 0 Å². The number of nitrogens with one attached hydrogen (secondary N) is 2. The van der Waals surface area contributed by atoms with Crippen LogP contribution in [-0.2, 0) is 0 Å². The second kappa shape index (κ2) is 6.13. The van der Waals surface area contributed by atoms with Gasteiger partial charge in [-0.15, -0.1) is 6.58 Å². The van der Waals surface area contributed by atoms with Crippen molar-refractivity contribution in [3.05, 3.63) is 29.3 Å². The zero-order chi connectivity index (χ0) is 11.1. The smallest absolute Gasteiger partial charge is 0.276 e. The van der Waals surface area contributed by atoms with Crippen LogP contribution in [-0.4, -0.2) is 28.0 Å². The van der Waals surface area contributed by atoms with Crippen molar-refractivity contribution in [1.82, 2.24) is 9.97 Å². The van der Waals surface area contributed by atoms with Crippen LogP contribution in [0, 0.1) is 0 Å². The van der Waals surface area contributed by atoms with E-state index in [0.29, 0.717) is 5.82 Å². The molecule has 0 radical (unpaired) electrons. The van der Waals surface area contributed by atoms with E-state index in [4.69, 9.17) is 5.73 Å². The van der Waals surface area contributed by atoms with Crippen LogP contribution in [0.3, 0.4) is 0 Å². The lowest BCUT2D eigenvalue weighted by Crippen LogP contribution is -2.17. The zero-order valence-corrected chi connectivity index (χ0v) is 9.14. The lowest BCUT2D eigenvalue weighted by Gasteiger charge is -2.05. The molecule has 0 spiro atoms. The van der Waals surface area contributed by atoms with Crippen LogP contribution < -0.4 is 16.6 Å². The van der Waals surface area contributed by atoms with Crippen molar-refractivity contribution in [2.24, 2.45) is 0 Å². The monoisotopic (exact) mass is 226 g/mol. The number of thioether (sulfide) groups is 1. The van der Waals surface area contributed by atoms with Crippen LogP contribution in [0.2, 0.25) is 0 Å². The first-order valence-corrected chi connectivity index (χ1v) is 5.67. The molecule has 0 amide bonds. The van der Waals surface area contributed by atoms with Crippen molar-refractivity contribution in [3.8, 4) is 0 Å². The highest BCUT2D eigenvalue weighted by molar-refractivity contribution is 7.99. The molecule has 4 N–H and O–H groups in total. The number of nitrogen functional groups attached to an aromatic ring is 1. The number of anilines is 2. The van der Waals surface area contributed by atoms with Crippen LogP contribution in [0.1, 0.15) is 0 Å². The Balaban J connectivity index is 2.41. The first kappa shape index (κ1) is 11.6. The maximum absolute atomic E-state index is 11.1. The summed E-state index contributed by atoms with van der Waals surface area (Å²) in [5, 5.41) is 3.00. The van der Waals surface area contributed by atoms with Crippen molar-refractivity contribution < 1.29 is 0 Å². The summed E-state index contributed by atoms with van der Waals surface area (Å²) in [4.78, 5) is 17.4. The quantitative estimate of drug-likeness (QED) is 0.491. The maximum atomic E-state index is 11.1. The lowest BCUT2D eigenvalue weighted by molar-refractivity contribution is 1.09. The fourth-order valence-electron chi connectivity index (χ4n) is 0.959. The predicted octanol–water partition coefficient (Wildman–Crippen LogP) is 0.683. The first-order chi connectivity index (χ1) is 7.25. The van der Waals surface area contributed by atoms with Crippen molar-refractivity contribution in [1.29, 1.82) is 0 Å². The second-order valence-electron chi connectivity index (χ2n) is 2.78. The number of hydrogen-bond acceptors (Lipinski definition) is 5. The average Bonchev–Trinajstić information content (AvgIpc) is 2.24. The maximum Gasteiger partial charge on any atom is 0.276 e. The third-order valence-corrected chi connectivity index (χ3v) is 2.63. The topological polar surface area (TPSA) is 83.8 Å². The highest BCUT2D eigenvalue weighted by Crippen LogP contribution is 2.07. The molecule has 0 aromatic carbocycles. The van der Waals surface area contributed by atoms with Gasteiger partial charge in [0.05, 0.1) is 6.33 Å². The Morgan fingerprint density at radius 2 is 2.53 bits per heavy atom. The minimum Gasteiger partial charge on any atom is -0.391 e. The number of nitrogens with two attached hydrogens (primary N) is 1. The van der Waals surface area contributed by atoms with Crippen LogP contribution in [0.15, 0.2) is 23.8 Å². The van der Waals surface area contributed by atoms with Gasteiger partial charge < -0.3 is 16.0 Å². The Labute approximate surface area is 92.2 Å². The molecule has 6 heteroatoms. The van der Waals surface area contributed by atoms with Crippen LogP contribution in [0.5, 0.6) is 0 Å². The SMILES string of the molecule is C=CCSCCNc1nc[nH]c(=O)c1N. The van der Waals surface area contributed by atoms with E-state index in [1.807, 2.05) is 6.08 Å². The van der Waals surface area contributed by atoms with E-state index in [-0.39, 0.29) is 11.2 Å². The minimum absolute atomic E-state index is 0.131. The van der Waals surface area contributed by atoms with Crippen molar-refractivity contribution >= 4 is 23.3 Å². The summed E-state index contributed by atoms with van der Waals surface area (Å²) in [6.07, 6.45) is 3.18. The summed E-state index contributed by atoms with van der Waals surface area (Å²) >= 11 is 1.75.